The Labute approximate surface area is 173 Å². The van der Waals surface area contributed by atoms with E-state index < -0.39 is 0 Å². The van der Waals surface area contributed by atoms with E-state index in [0.717, 1.165) is 27.5 Å². The van der Waals surface area contributed by atoms with Gasteiger partial charge in [-0.1, -0.05) is 51.4 Å². The second-order valence-corrected chi connectivity index (χ2v) is 7.73. The molecule has 27 heavy (non-hydrogen) atoms. The maximum Gasteiger partial charge on any atom is 0.277 e. The first-order valence-corrected chi connectivity index (χ1v) is 10.1. The van der Waals surface area contributed by atoms with Gasteiger partial charge >= 0.3 is 0 Å². The highest BCUT2D eigenvalue weighted by Gasteiger charge is 2.12. The molecule has 0 saturated heterocycles. The molecule has 1 N–H and O–H groups in total. The van der Waals surface area contributed by atoms with Crippen molar-refractivity contribution in [3.8, 4) is 5.75 Å². The van der Waals surface area contributed by atoms with Crippen molar-refractivity contribution in [2.45, 2.75) is 18.8 Å². The fourth-order valence-electron chi connectivity index (χ4n) is 2.14. The van der Waals surface area contributed by atoms with Crippen LogP contribution in [0.5, 0.6) is 5.75 Å². The molecule has 0 aliphatic rings. The predicted molar refractivity (Wildman–Crippen MR) is 108 cm³/mol. The SMILES string of the molecule is Cc1cc(Br)ccc1NC(=O)CSc1nnc(COc2ccccc2Cl)o1. The fourth-order valence-corrected chi connectivity index (χ4v) is 3.38. The molecule has 6 nitrogen and oxygen atoms in total. The van der Waals surface area contributed by atoms with E-state index in [4.69, 9.17) is 20.8 Å². The summed E-state index contributed by atoms with van der Waals surface area (Å²) in [5.41, 5.74) is 1.74. The lowest BCUT2D eigenvalue weighted by molar-refractivity contribution is -0.113. The van der Waals surface area contributed by atoms with Crippen molar-refractivity contribution in [2.24, 2.45) is 0 Å². The van der Waals surface area contributed by atoms with E-state index in [-0.39, 0.29) is 18.3 Å². The first kappa shape index (κ1) is 19.7. The number of hydrogen-bond acceptors (Lipinski definition) is 6. The van der Waals surface area contributed by atoms with Crippen LogP contribution in [0.25, 0.3) is 0 Å². The van der Waals surface area contributed by atoms with Crippen LogP contribution in [-0.2, 0) is 11.4 Å². The molecule has 140 valence electrons. The summed E-state index contributed by atoms with van der Waals surface area (Å²) >= 11 is 10.6. The lowest BCUT2D eigenvalue weighted by atomic mass is 10.2. The van der Waals surface area contributed by atoms with Gasteiger partial charge in [-0.25, -0.2) is 0 Å². The van der Waals surface area contributed by atoms with E-state index in [9.17, 15) is 4.79 Å². The molecular formula is C18H15BrClN3O3S. The molecule has 0 spiro atoms. The number of nitrogens with zero attached hydrogens (tertiary/aromatic N) is 2. The van der Waals surface area contributed by atoms with Gasteiger partial charge in [0.15, 0.2) is 6.61 Å². The van der Waals surface area contributed by atoms with Crippen molar-refractivity contribution >= 4 is 50.9 Å². The molecule has 1 heterocycles. The number of thioether (sulfide) groups is 1. The van der Waals surface area contributed by atoms with Gasteiger partial charge in [-0.2, -0.15) is 0 Å². The van der Waals surface area contributed by atoms with Crippen LogP contribution in [0.1, 0.15) is 11.5 Å². The zero-order valence-corrected chi connectivity index (χ0v) is 17.4. The highest BCUT2D eigenvalue weighted by atomic mass is 79.9. The summed E-state index contributed by atoms with van der Waals surface area (Å²) in [4.78, 5) is 12.1. The summed E-state index contributed by atoms with van der Waals surface area (Å²) in [6, 6.07) is 12.8. The van der Waals surface area contributed by atoms with Crippen molar-refractivity contribution in [2.75, 3.05) is 11.1 Å². The number of nitrogens with one attached hydrogen (secondary N) is 1. The van der Waals surface area contributed by atoms with Gasteiger partial charge in [-0.3, -0.25) is 4.79 Å². The number of anilines is 1. The monoisotopic (exact) mass is 467 g/mol. The van der Waals surface area contributed by atoms with Crippen LogP contribution in [0.4, 0.5) is 5.69 Å². The Morgan fingerprint density at radius 3 is 2.89 bits per heavy atom. The van der Waals surface area contributed by atoms with E-state index in [1.165, 1.54) is 0 Å². The molecule has 0 radical (unpaired) electrons. The van der Waals surface area contributed by atoms with Crippen LogP contribution >= 0.6 is 39.3 Å². The van der Waals surface area contributed by atoms with Gasteiger partial charge in [-0.05, 0) is 42.8 Å². The molecule has 0 aliphatic carbocycles. The van der Waals surface area contributed by atoms with Crippen molar-refractivity contribution in [1.29, 1.82) is 0 Å². The summed E-state index contributed by atoms with van der Waals surface area (Å²) in [5.74, 6) is 0.845. The minimum atomic E-state index is -0.155. The topological polar surface area (TPSA) is 77.2 Å². The first-order valence-electron chi connectivity index (χ1n) is 7.90. The Hall–Kier alpha value is -2.03. The van der Waals surface area contributed by atoms with Crippen LogP contribution < -0.4 is 10.1 Å². The molecule has 3 rings (SSSR count). The predicted octanol–water partition coefficient (Wildman–Crippen LogP) is 5.10. The van der Waals surface area contributed by atoms with Crippen LogP contribution in [0.15, 0.2) is 56.6 Å². The number of halogens is 2. The highest BCUT2D eigenvalue weighted by molar-refractivity contribution is 9.10. The number of hydrogen-bond donors (Lipinski definition) is 1. The zero-order valence-electron chi connectivity index (χ0n) is 14.2. The third-order valence-electron chi connectivity index (χ3n) is 3.43. The molecule has 0 bridgehead atoms. The third-order valence-corrected chi connectivity index (χ3v) is 5.05. The van der Waals surface area contributed by atoms with Gasteiger partial charge < -0.3 is 14.5 Å². The summed E-state index contributed by atoms with van der Waals surface area (Å²) in [6.07, 6.45) is 0. The zero-order chi connectivity index (χ0) is 19.2. The number of aryl methyl sites for hydroxylation is 1. The summed E-state index contributed by atoms with van der Waals surface area (Å²) in [7, 11) is 0. The fraction of sp³-hybridized carbons (Fsp3) is 0.167. The molecule has 0 atom stereocenters. The molecule has 1 aromatic heterocycles. The Morgan fingerprint density at radius 2 is 2.11 bits per heavy atom. The second kappa shape index (κ2) is 9.25. The lowest BCUT2D eigenvalue weighted by Crippen LogP contribution is -2.14. The van der Waals surface area contributed by atoms with Gasteiger partial charge in [0.05, 0.1) is 10.8 Å². The molecule has 0 saturated carbocycles. The van der Waals surface area contributed by atoms with Gasteiger partial charge in [0, 0.05) is 10.2 Å². The van der Waals surface area contributed by atoms with Gasteiger partial charge in [0.2, 0.25) is 5.91 Å². The Kier molecular flexibility index (Phi) is 6.76. The van der Waals surface area contributed by atoms with Gasteiger partial charge in [0.25, 0.3) is 11.1 Å². The standard InChI is InChI=1S/C18H15BrClN3O3S/c1-11-8-12(19)6-7-14(11)21-16(24)10-27-18-23-22-17(26-18)9-25-15-5-3-2-4-13(15)20/h2-8H,9-10H2,1H3,(H,21,24). The largest absolute Gasteiger partial charge is 0.482 e. The van der Waals surface area contributed by atoms with E-state index in [1.807, 2.05) is 37.3 Å². The van der Waals surface area contributed by atoms with Crippen molar-refractivity contribution < 1.29 is 13.9 Å². The number of benzene rings is 2. The summed E-state index contributed by atoms with van der Waals surface area (Å²) in [5, 5.41) is 11.5. The Bertz CT molecular complexity index is 951. The number of carbonyl (C=O) groups excluding carboxylic acids is 1. The average Bonchev–Trinajstić information content (AvgIpc) is 3.10. The van der Waals surface area contributed by atoms with E-state index in [0.29, 0.717) is 21.9 Å². The number of rotatable bonds is 7. The minimum absolute atomic E-state index is 0.0988. The number of para-hydroxylation sites is 1. The molecule has 1 amide bonds. The highest BCUT2D eigenvalue weighted by Crippen LogP contribution is 2.25. The number of carbonyl (C=O) groups is 1. The van der Waals surface area contributed by atoms with Crippen LogP contribution in [0.3, 0.4) is 0 Å². The maximum absolute atomic E-state index is 12.1. The van der Waals surface area contributed by atoms with Crippen LogP contribution in [0.2, 0.25) is 5.02 Å². The molecule has 2 aromatic carbocycles. The van der Waals surface area contributed by atoms with E-state index in [2.05, 4.69) is 31.4 Å². The average molecular weight is 469 g/mol. The molecule has 0 fully saturated rings. The van der Waals surface area contributed by atoms with Crippen molar-refractivity contribution in [3.05, 3.63) is 63.4 Å². The Balaban J connectivity index is 1.49. The lowest BCUT2D eigenvalue weighted by Gasteiger charge is -2.07. The smallest absolute Gasteiger partial charge is 0.277 e. The molecular weight excluding hydrogens is 454 g/mol. The van der Waals surface area contributed by atoms with Crippen molar-refractivity contribution in [1.82, 2.24) is 10.2 Å². The van der Waals surface area contributed by atoms with Crippen LogP contribution in [0, 0.1) is 6.92 Å². The second-order valence-electron chi connectivity index (χ2n) is 5.48. The molecule has 0 aliphatic heterocycles. The quantitative estimate of drug-likeness (QED) is 0.486. The van der Waals surface area contributed by atoms with Gasteiger partial charge in [0.1, 0.15) is 5.75 Å². The summed E-state index contributed by atoms with van der Waals surface area (Å²) < 4.78 is 12.0. The summed E-state index contributed by atoms with van der Waals surface area (Å²) in [6.45, 7) is 2.03. The maximum atomic E-state index is 12.1. The van der Waals surface area contributed by atoms with E-state index in [1.54, 1.807) is 12.1 Å². The molecule has 0 unspecified atom stereocenters. The normalized spacial score (nSPS) is 10.6. The van der Waals surface area contributed by atoms with Crippen molar-refractivity contribution in [3.63, 3.8) is 0 Å². The molecule has 3 aromatic rings. The molecule has 9 heteroatoms. The van der Waals surface area contributed by atoms with Crippen LogP contribution in [-0.4, -0.2) is 21.9 Å². The number of amides is 1. The first-order chi connectivity index (χ1) is 13.0. The number of ether oxygens (including phenoxy) is 1. The number of aromatic nitrogens is 2. The minimum Gasteiger partial charge on any atom is -0.482 e. The van der Waals surface area contributed by atoms with E-state index >= 15 is 0 Å². The van der Waals surface area contributed by atoms with Gasteiger partial charge in [-0.15, -0.1) is 10.2 Å². The Morgan fingerprint density at radius 1 is 1.30 bits per heavy atom. The third kappa shape index (κ3) is 5.72.